The Kier molecular flexibility index (Phi) is 6.19. The fourth-order valence-electron chi connectivity index (χ4n) is 1.82. The minimum Gasteiger partial charge on any atom is -0.493 e. The zero-order valence-corrected chi connectivity index (χ0v) is 12.2. The molecule has 4 nitrogen and oxygen atoms in total. The van der Waals surface area contributed by atoms with Crippen LogP contribution in [-0.4, -0.2) is 26.2 Å². The minimum atomic E-state index is -0.131. The Labute approximate surface area is 115 Å². The molecule has 0 aromatic heterocycles. The number of amides is 1. The van der Waals surface area contributed by atoms with Gasteiger partial charge in [-0.2, -0.15) is 0 Å². The second kappa shape index (κ2) is 7.67. The highest BCUT2D eigenvalue weighted by Gasteiger charge is 2.12. The molecule has 0 bridgehead atoms. The fourth-order valence-corrected chi connectivity index (χ4v) is 1.82. The van der Waals surface area contributed by atoms with Crippen LogP contribution in [0.4, 0.5) is 0 Å². The van der Waals surface area contributed by atoms with Crippen molar-refractivity contribution in [3.63, 3.8) is 0 Å². The van der Waals surface area contributed by atoms with Crippen molar-refractivity contribution in [2.24, 2.45) is 0 Å². The molecule has 1 aromatic carbocycles. The number of ether oxygens (including phenoxy) is 2. The smallest absolute Gasteiger partial charge is 0.251 e. The predicted octanol–water partition coefficient (Wildman–Crippen LogP) is 3.01. The summed E-state index contributed by atoms with van der Waals surface area (Å²) in [6.07, 6.45) is 3.36. The molecule has 4 heteroatoms. The lowest BCUT2D eigenvalue weighted by Gasteiger charge is -2.17. The molecule has 0 spiro atoms. The van der Waals surface area contributed by atoms with Crippen LogP contribution in [-0.2, 0) is 0 Å². The fraction of sp³-hybridized carbons (Fsp3) is 0.533. The van der Waals surface area contributed by atoms with E-state index in [-0.39, 0.29) is 12.0 Å². The van der Waals surface area contributed by atoms with Gasteiger partial charge in [-0.05, 0) is 31.5 Å². The summed E-state index contributed by atoms with van der Waals surface area (Å²) in [5, 5.41) is 2.60. The molecule has 0 aliphatic carbocycles. The molecule has 106 valence electrons. The first kappa shape index (κ1) is 15.3. The highest BCUT2D eigenvalue weighted by Crippen LogP contribution is 2.29. The number of carbonyl (C=O) groups is 1. The van der Waals surface area contributed by atoms with Gasteiger partial charge in [-0.3, -0.25) is 4.79 Å². The monoisotopic (exact) mass is 265 g/mol. The van der Waals surface area contributed by atoms with Crippen LogP contribution in [0.3, 0.4) is 0 Å². The summed E-state index contributed by atoms with van der Waals surface area (Å²) >= 11 is 0. The molecule has 0 saturated carbocycles. The van der Waals surface area contributed by atoms with E-state index >= 15 is 0 Å². The van der Waals surface area contributed by atoms with Gasteiger partial charge in [0.2, 0.25) is 0 Å². The van der Waals surface area contributed by atoms with Gasteiger partial charge in [0.25, 0.3) is 5.91 Å². The standard InChI is InChI=1S/C15H23NO3/c1-5-6-7-11(2)19-14-10-12(15(17)16-3)8-9-13(14)18-4/h8-11H,5-7H2,1-4H3,(H,16,17). The Morgan fingerprint density at radius 3 is 2.68 bits per heavy atom. The van der Waals surface area contributed by atoms with Crippen molar-refractivity contribution >= 4 is 5.91 Å². The third kappa shape index (κ3) is 4.47. The number of methoxy groups -OCH3 is 1. The highest BCUT2D eigenvalue weighted by molar-refractivity contribution is 5.94. The molecule has 1 amide bonds. The Morgan fingerprint density at radius 2 is 2.11 bits per heavy atom. The zero-order valence-electron chi connectivity index (χ0n) is 12.2. The third-order valence-corrected chi connectivity index (χ3v) is 2.95. The summed E-state index contributed by atoms with van der Waals surface area (Å²) in [6.45, 7) is 4.18. The van der Waals surface area contributed by atoms with Crippen LogP contribution < -0.4 is 14.8 Å². The first-order valence-corrected chi connectivity index (χ1v) is 6.69. The van der Waals surface area contributed by atoms with E-state index in [9.17, 15) is 4.79 Å². The Bertz CT molecular complexity index is 418. The van der Waals surface area contributed by atoms with Crippen LogP contribution in [0, 0.1) is 0 Å². The molecule has 0 radical (unpaired) electrons. The molecular formula is C15H23NO3. The van der Waals surface area contributed by atoms with Gasteiger partial charge in [-0.1, -0.05) is 19.8 Å². The molecule has 0 aliphatic rings. The molecule has 0 saturated heterocycles. The summed E-state index contributed by atoms with van der Waals surface area (Å²) in [5.74, 6) is 1.14. The zero-order chi connectivity index (χ0) is 14.3. The SMILES string of the molecule is CCCCC(C)Oc1cc(C(=O)NC)ccc1OC. The molecule has 1 N–H and O–H groups in total. The number of rotatable bonds is 7. The highest BCUT2D eigenvalue weighted by atomic mass is 16.5. The maximum absolute atomic E-state index is 11.6. The first-order valence-electron chi connectivity index (χ1n) is 6.69. The van der Waals surface area contributed by atoms with Crippen molar-refractivity contribution in [3.05, 3.63) is 23.8 Å². The van der Waals surface area contributed by atoms with Gasteiger partial charge in [0.1, 0.15) is 0 Å². The molecule has 0 fully saturated rings. The number of hydrogen-bond acceptors (Lipinski definition) is 3. The van der Waals surface area contributed by atoms with Gasteiger partial charge in [0, 0.05) is 12.6 Å². The van der Waals surface area contributed by atoms with Gasteiger partial charge < -0.3 is 14.8 Å². The van der Waals surface area contributed by atoms with E-state index in [0.29, 0.717) is 17.1 Å². The van der Waals surface area contributed by atoms with E-state index in [2.05, 4.69) is 12.2 Å². The summed E-state index contributed by atoms with van der Waals surface area (Å²) in [6, 6.07) is 5.20. The van der Waals surface area contributed by atoms with Crippen molar-refractivity contribution in [1.82, 2.24) is 5.32 Å². The Balaban J connectivity index is 2.86. The second-order valence-corrected chi connectivity index (χ2v) is 4.52. The summed E-state index contributed by atoms with van der Waals surface area (Å²) in [7, 11) is 3.20. The van der Waals surface area contributed by atoms with Crippen LogP contribution in [0.1, 0.15) is 43.5 Å². The van der Waals surface area contributed by atoms with Crippen LogP contribution in [0.25, 0.3) is 0 Å². The van der Waals surface area contributed by atoms with Crippen LogP contribution in [0.2, 0.25) is 0 Å². The normalized spacial score (nSPS) is 11.8. The van der Waals surface area contributed by atoms with Gasteiger partial charge >= 0.3 is 0 Å². The van der Waals surface area contributed by atoms with E-state index in [1.807, 2.05) is 6.92 Å². The van der Waals surface area contributed by atoms with Crippen molar-refractivity contribution in [1.29, 1.82) is 0 Å². The van der Waals surface area contributed by atoms with Crippen LogP contribution >= 0.6 is 0 Å². The Morgan fingerprint density at radius 1 is 1.37 bits per heavy atom. The molecule has 1 unspecified atom stereocenters. The number of unbranched alkanes of at least 4 members (excludes halogenated alkanes) is 1. The van der Waals surface area contributed by atoms with Crippen molar-refractivity contribution in [2.75, 3.05) is 14.2 Å². The van der Waals surface area contributed by atoms with Gasteiger partial charge in [0.05, 0.1) is 13.2 Å². The number of benzene rings is 1. The van der Waals surface area contributed by atoms with Crippen LogP contribution in [0.15, 0.2) is 18.2 Å². The molecule has 0 heterocycles. The average Bonchev–Trinajstić information content (AvgIpc) is 2.44. The van der Waals surface area contributed by atoms with Crippen LogP contribution in [0.5, 0.6) is 11.5 Å². The van der Waals surface area contributed by atoms with E-state index in [4.69, 9.17) is 9.47 Å². The van der Waals surface area contributed by atoms with E-state index < -0.39 is 0 Å². The lowest BCUT2D eigenvalue weighted by molar-refractivity contribution is 0.0962. The van der Waals surface area contributed by atoms with Crippen molar-refractivity contribution in [2.45, 2.75) is 39.2 Å². The summed E-state index contributed by atoms with van der Waals surface area (Å²) in [5.41, 5.74) is 0.570. The third-order valence-electron chi connectivity index (χ3n) is 2.95. The maximum Gasteiger partial charge on any atom is 0.251 e. The summed E-state index contributed by atoms with van der Waals surface area (Å²) in [4.78, 5) is 11.6. The Hall–Kier alpha value is -1.71. The van der Waals surface area contributed by atoms with E-state index in [1.54, 1.807) is 32.4 Å². The largest absolute Gasteiger partial charge is 0.493 e. The number of carbonyl (C=O) groups excluding carboxylic acids is 1. The van der Waals surface area contributed by atoms with Gasteiger partial charge in [-0.25, -0.2) is 0 Å². The second-order valence-electron chi connectivity index (χ2n) is 4.52. The van der Waals surface area contributed by atoms with Gasteiger partial charge in [-0.15, -0.1) is 0 Å². The average molecular weight is 265 g/mol. The quantitative estimate of drug-likeness (QED) is 0.824. The van der Waals surface area contributed by atoms with E-state index in [1.165, 1.54) is 0 Å². The topological polar surface area (TPSA) is 47.6 Å². The molecular weight excluding hydrogens is 242 g/mol. The molecule has 1 aromatic rings. The molecule has 0 aliphatic heterocycles. The first-order chi connectivity index (χ1) is 9.12. The lowest BCUT2D eigenvalue weighted by atomic mass is 10.1. The molecule has 19 heavy (non-hydrogen) atoms. The van der Waals surface area contributed by atoms with Crippen molar-refractivity contribution < 1.29 is 14.3 Å². The number of hydrogen-bond donors (Lipinski definition) is 1. The number of nitrogens with one attached hydrogen (secondary N) is 1. The predicted molar refractivity (Wildman–Crippen MR) is 76.0 cm³/mol. The van der Waals surface area contributed by atoms with Crippen molar-refractivity contribution in [3.8, 4) is 11.5 Å². The molecule has 1 atom stereocenters. The molecule has 1 rings (SSSR count). The minimum absolute atomic E-state index is 0.105. The summed E-state index contributed by atoms with van der Waals surface area (Å²) < 4.78 is 11.1. The lowest BCUT2D eigenvalue weighted by Crippen LogP contribution is -2.18. The van der Waals surface area contributed by atoms with Gasteiger partial charge in [0.15, 0.2) is 11.5 Å². The maximum atomic E-state index is 11.6. The van der Waals surface area contributed by atoms with E-state index in [0.717, 1.165) is 19.3 Å².